The van der Waals surface area contributed by atoms with Gasteiger partial charge in [0.05, 0.1) is 6.54 Å². The summed E-state index contributed by atoms with van der Waals surface area (Å²) in [5, 5.41) is 7.61. The Labute approximate surface area is 157 Å². The normalized spacial score (nSPS) is 11.2. The molecule has 3 aromatic rings. The molecule has 2 aromatic carbocycles. The molecule has 4 nitrogen and oxygen atoms in total. The van der Waals surface area contributed by atoms with Crippen LogP contribution in [-0.2, 0) is 13.1 Å². The summed E-state index contributed by atoms with van der Waals surface area (Å²) in [5.41, 5.74) is 3.07. The van der Waals surface area contributed by atoms with Gasteiger partial charge in [-0.15, -0.1) is 24.0 Å². The summed E-state index contributed by atoms with van der Waals surface area (Å²) >= 11 is 0. The summed E-state index contributed by atoms with van der Waals surface area (Å²) < 4.78 is 13.2. The second kappa shape index (κ2) is 8.68. The highest BCUT2D eigenvalue weighted by Gasteiger charge is 2.02. The molecular weight excluding hydrogens is 418 g/mol. The van der Waals surface area contributed by atoms with Crippen LogP contribution in [0.3, 0.4) is 0 Å². The van der Waals surface area contributed by atoms with Crippen LogP contribution in [0.15, 0.2) is 59.6 Å². The highest BCUT2D eigenvalue weighted by Crippen LogP contribution is 2.14. The average Bonchev–Trinajstić information content (AvgIpc) is 2.98. The number of aromatic nitrogens is 1. The van der Waals surface area contributed by atoms with Crippen LogP contribution in [-0.4, -0.2) is 18.0 Å². The molecular formula is C18H20FIN4. The molecule has 0 aliphatic rings. The van der Waals surface area contributed by atoms with Crippen LogP contribution in [0.5, 0.6) is 0 Å². The Bertz CT molecular complexity index is 796. The monoisotopic (exact) mass is 438 g/mol. The van der Waals surface area contributed by atoms with Gasteiger partial charge < -0.3 is 15.6 Å². The molecule has 3 N–H and O–H groups in total. The van der Waals surface area contributed by atoms with Crippen LogP contribution in [0, 0.1) is 5.82 Å². The van der Waals surface area contributed by atoms with Gasteiger partial charge in [-0.2, -0.15) is 0 Å². The zero-order valence-electron chi connectivity index (χ0n) is 13.3. The van der Waals surface area contributed by atoms with Crippen molar-refractivity contribution in [1.29, 1.82) is 0 Å². The first-order valence-electron chi connectivity index (χ1n) is 7.50. The minimum Gasteiger partial charge on any atom is -0.357 e. The number of H-pyrrole nitrogens is 1. The van der Waals surface area contributed by atoms with Crippen molar-refractivity contribution in [1.82, 2.24) is 15.6 Å². The summed E-state index contributed by atoms with van der Waals surface area (Å²) in [4.78, 5) is 7.54. The van der Waals surface area contributed by atoms with Gasteiger partial charge in [0.2, 0.25) is 0 Å². The number of nitrogens with zero attached hydrogens (tertiary/aromatic N) is 1. The van der Waals surface area contributed by atoms with E-state index in [0.717, 1.165) is 16.8 Å². The highest BCUT2D eigenvalue weighted by atomic mass is 127. The largest absolute Gasteiger partial charge is 0.357 e. The number of nitrogens with one attached hydrogen (secondary N) is 3. The molecule has 0 unspecified atom stereocenters. The first-order chi connectivity index (χ1) is 11.2. The molecule has 0 spiro atoms. The Morgan fingerprint density at radius 1 is 1.04 bits per heavy atom. The Hall–Kier alpha value is -2.09. The molecule has 3 rings (SSSR count). The van der Waals surface area contributed by atoms with Crippen molar-refractivity contribution in [2.24, 2.45) is 4.99 Å². The predicted molar refractivity (Wildman–Crippen MR) is 107 cm³/mol. The third-order valence-corrected chi connectivity index (χ3v) is 3.60. The first-order valence-corrected chi connectivity index (χ1v) is 7.50. The molecule has 0 aliphatic carbocycles. The molecule has 0 atom stereocenters. The van der Waals surface area contributed by atoms with Gasteiger partial charge in [0.25, 0.3) is 0 Å². The van der Waals surface area contributed by atoms with Crippen molar-refractivity contribution in [3.8, 4) is 0 Å². The van der Waals surface area contributed by atoms with Gasteiger partial charge in [-0.25, -0.2) is 4.39 Å². The number of benzene rings is 2. The molecule has 0 aliphatic heterocycles. The lowest BCUT2D eigenvalue weighted by Crippen LogP contribution is -2.36. The SMILES string of the molecule is CN=C(NCc1cccc(F)c1)NCc1cc2ccccc2[nH]1.I. The van der Waals surface area contributed by atoms with Gasteiger partial charge in [-0.3, -0.25) is 4.99 Å². The van der Waals surface area contributed by atoms with E-state index in [0.29, 0.717) is 19.0 Å². The predicted octanol–water partition coefficient (Wildman–Crippen LogP) is 3.79. The molecule has 0 fully saturated rings. The lowest BCUT2D eigenvalue weighted by Gasteiger charge is -2.11. The molecule has 0 saturated carbocycles. The fourth-order valence-electron chi connectivity index (χ4n) is 2.46. The average molecular weight is 438 g/mol. The molecule has 1 aromatic heterocycles. The van der Waals surface area contributed by atoms with Crippen LogP contribution in [0.25, 0.3) is 10.9 Å². The zero-order valence-corrected chi connectivity index (χ0v) is 15.7. The van der Waals surface area contributed by atoms with E-state index in [9.17, 15) is 4.39 Å². The molecule has 0 saturated heterocycles. The third-order valence-electron chi connectivity index (χ3n) is 3.60. The minimum absolute atomic E-state index is 0. The summed E-state index contributed by atoms with van der Waals surface area (Å²) in [6.45, 7) is 1.15. The zero-order chi connectivity index (χ0) is 16.1. The maximum atomic E-state index is 13.2. The van der Waals surface area contributed by atoms with E-state index >= 15 is 0 Å². The fourth-order valence-corrected chi connectivity index (χ4v) is 2.46. The second-order valence-corrected chi connectivity index (χ2v) is 5.29. The van der Waals surface area contributed by atoms with Crippen molar-refractivity contribution < 1.29 is 4.39 Å². The topological polar surface area (TPSA) is 52.2 Å². The van der Waals surface area contributed by atoms with E-state index in [1.165, 1.54) is 17.5 Å². The van der Waals surface area contributed by atoms with Gasteiger partial charge in [-0.1, -0.05) is 30.3 Å². The number of rotatable bonds is 4. The lowest BCUT2D eigenvalue weighted by molar-refractivity contribution is 0.624. The first kappa shape index (κ1) is 18.3. The fraction of sp³-hybridized carbons (Fsp3) is 0.167. The van der Waals surface area contributed by atoms with Gasteiger partial charge in [-0.05, 0) is 35.2 Å². The van der Waals surface area contributed by atoms with Gasteiger partial charge >= 0.3 is 0 Å². The molecule has 6 heteroatoms. The molecule has 24 heavy (non-hydrogen) atoms. The summed E-state index contributed by atoms with van der Waals surface area (Å²) in [5.74, 6) is 0.443. The van der Waals surface area contributed by atoms with E-state index < -0.39 is 0 Å². The second-order valence-electron chi connectivity index (χ2n) is 5.29. The number of halogens is 2. The van der Waals surface area contributed by atoms with Crippen LogP contribution in [0.2, 0.25) is 0 Å². The molecule has 0 bridgehead atoms. The summed E-state index contributed by atoms with van der Waals surface area (Å²) in [6.07, 6.45) is 0. The minimum atomic E-state index is -0.231. The van der Waals surface area contributed by atoms with Crippen molar-refractivity contribution in [2.75, 3.05) is 7.05 Å². The third kappa shape index (κ3) is 4.70. The van der Waals surface area contributed by atoms with Crippen molar-refractivity contribution in [2.45, 2.75) is 13.1 Å². The number of guanidine groups is 1. The van der Waals surface area contributed by atoms with Crippen LogP contribution in [0.1, 0.15) is 11.3 Å². The van der Waals surface area contributed by atoms with Crippen molar-refractivity contribution >= 4 is 40.8 Å². The number of aromatic amines is 1. The summed E-state index contributed by atoms with van der Waals surface area (Å²) in [7, 11) is 1.71. The smallest absolute Gasteiger partial charge is 0.191 e. The Kier molecular flexibility index (Phi) is 6.60. The number of hydrogen-bond acceptors (Lipinski definition) is 1. The van der Waals surface area contributed by atoms with Crippen molar-refractivity contribution in [3.63, 3.8) is 0 Å². The quantitative estimate of drug-likeness (QED) is 0.330. The standard InChI is InChI=1S/C18H19FN4.HI/c1-20-18(21-11-13-5-4-7-15(19)9-13)22-12-16-10-14-6-2-3-8-17(14)23-16;/h2-10,23H,11-12H2,1H3,(H2,20,21,22);1H. The van der Waals surface area contributed by atoms with Gasteiger partial charge in [0.15, 0.2) is 5.96 Å². The summed E-state index contributed by atoms with van der Waals surface area (Å²) in [6, 6.07) is 16.8. The number of fused-ring (bicyclic) bond motifs is 1. The van der Waals surface area contributed by atoms with E-state index in [1.54, 1.807) is 13.1 Å². The van der Waals surface area contributed by atoms with Crippen LogP contribution < -0.4 is 10.6 Å². The van der Waals surface area contributed by atoms with Gasteiger partial charge in [0.1, 0.15) is 5.82 Å². The van der Waals surface area contributed by atoms with E-state index in [4.69, 9.17) is 0 Å². The van der Waals surface area contributed by atoms with Crippen molar-refractivity contribution in [3.05, 3.63) is 71.7 Å². The van der Waals surface area contributed by atoms with E-state index in [-0.39, 0.29) is 29.8 Å². The Morgan fingerprint density at radius 3 is 2.58 bits per heavy atom. The van der Waals surface area contributed by atoms with E-state index in [1.807, 2.05) is 18.2 Å². The van der Waals surface area contributed by atoms with Crippen LogP contribution >= 0.6 is 24.0 Å². The number of hydrogen-bond donors (Lipinski definition) is 3. The molecule has 1 heterocycles. The van der Waals surface area contributed by atoms with Crippen LogP contribution in [0.4, 0.5) is 4.39 Å². The van der Waals surface area contributed by atoms with E-state index in [2.05, 4.69) is 38.8 Å². The molecule has 126 valence electrons. The highest BCUT2D eigenvalue weighted by molar-refractivity contribution is 14.0. The number of aliphatic imine (C=N–C) groups is 1. The maximum absolute atomic E-state index is 13.2. The maximum Gasteiger partial charge on any atom is 0.191 e. The number of para-hydroxylation sites is 1. The molecule has 0 amide bonds. The lowest BCUT2D eigenvalue weighted by atomic mass is 10.2. The van der Waals surface area contributed by atoms with Gasteiger partial charge in [0, 0.05) is 24.8 Å². The Balaban J connectivity index is 0.00000208. The molecule has 0 radical (unpaired) electrons. The Morgan fingerprint density at radius 2 is 1.83 bits per heavy atom.